The lowest BCUT2D eigenvalue weighted by Crippen LogP contribution is -2.33. The Labute approximate surface area is 176 Å². The summed E-state index contributed by atoms with van der Waals surface area (Å²) in [6.45, 7) is 2.81. The van der Waals surface area contributed by atoms with Gasteiger partial charge in [0, 0.05) is 25.6 Å². The summed E-state index contributed by atoms with van der Waals surface area (Å²) in [5, 5.41) is 0. The van der Waals surface area contributed by atoms with Crippen molar-refractivity contribution in [2.24, 2.45) is 0 Å². The van der Waals surface area contributed by atoms with Crippen LogP contribution < -0.4 is 4.90 Å². The first-order chi connectivity index (χ1) is 14.6. The van der Waals surface area contributed by atoms with Crippen molar-refractivity contribution in [3.8, 4) is 28.1 Å². The van der Waals surface area contributed by atoms with Crippen LogP contribution in [0.1, 0.15) is 13.8 Å². The Balaban J connectivity index is 1.97. The van der Waals surface area contributed by atoms with Crippen LogP contribution in [0.4, 0.5) is 5.69 Å². The summed E-state index contributed by atoms with van der Waals surface area (Å²) >= 11 is 0. The molecule has 1 heterocycles. The number of carbonyl (C=O) groups is 2. The quantitative estimate of drug-likeness (QED) is 0.445. The van der Waals surface area contributed by atoms with Gasteiger partial charge in [0.25, 0.3) is 0 Å². The molecule has 0 saturated heterocycles. The summed E-state index contributed by atoms with van der Waals surface area (Å²) in [4.78, 5) is 25.7. The molecule has 1 aromatic heterocycles. The number of hydrogen-bond acceptors (Lipinski definition) is 2. The summed E-state index contributed by atoms with van der Waals surface area (Å²) in [6, 6.07) is 29.8. The first-order valence-electron chi connectivity index (χ1n) is 9.80. The topological polar surface area (TPSA) is 42.3 Å². The first-order valence-corrected chi connectivity index (χ1v) is 9.80. The van der Waals surface area contributed by atoms with Gasteiger partial charge in [-0.1, -0.05) is 72.8 Å². The van der Waals surface area contributed by atoms with E-state index in [1.807, 2.05) is 59.2 Å². The molecule has 4 aromatic rings. The fourth-order valence-electron chi connectivity index (χ4n) is 3.70. The van der Waals surface area contributed by atoms with E-state index in [0.717, 1.165) is 28.1 Å². The van der Waals surface area contributed by atoms with Gasteiger partial charge in [0.05, 0.1) is 17.1 Å². The van der Waals surface area contributed by atoms with Crippen molar-refractivity contribution < 1.29 is 9.59 Å². The van der Waals surface area contributed by atoms with Crippen LogP contribution in [0, 0.1) is 0 Å². The predicted octanol–water partition coefficient (Wildman–Crippen LogP) is 5.71. The molecule has 4 heteroatoms. The van der Waals surface area contributed by atoms with Crippen molar-refractivity contribution in [3.63, 3.8) is 0 Å². The van der Waals surface area contributed by atoms with Crippen LogP contribution in [0.5, 0.6) is 0 Å². The summed E-state index contributed by atoms with van der Waals surface area (Å²) < 4.78 is 2.05. The average molecular weight is 394 g/mol. The molecule has 0 aliphatic heterocycles. The lowest BCUT2D eigenvalue weighted by Gasteiger charge is -2.22. The van der Waals surface area contributed by atoms with Gasteiger partial charge in [-0.15, -0.1) is 0 Å². The standard InChI is InChI=1S/C26H22N2O2/c1-19(29)28(20(2)30)25-16-10-9-15-24(25)27-18-23(21-11-5-3-6-12-21)17-26(27)22-13-7-4-8-14-22/h3-18H,1-2H3. The SMILES string of the molecule is CC(=O)N(C(C)=O)c1ccccc1-n1cc(-c2ccccc2)cc1-c1ccccc1. The Morgan fingerprint density at radius 3 is 1.80 bits per heavy atom. The van der Waals surface area contributed by atoms with Gasteiger partial charge < -0.3 is 4.57 Å². The number of nitrogens with zero attached hydrogens (tertiary/aromatic N) is 2. The van der Waals surface area contributed by atoms with Gasteiger partial charge in [0.2, 0.25) is 11.8 Å². The zero-order valence-corrected chi connectivity index (χ0v) is 16.9. The average Bonchev–Trinajstić information content (AvgIpc) is 3.20. The number of benzene rings is 3. The molecule has 4 rings (SSSR count). The van der Waals surface area contributed by atoms with Crippen LogP contribution in [0.25, 0.3) is 28.1 Å². The maximum atomic E-state index is 12.2. The van der Waals surface area contributed by atoms with Crippen LogP contribution in [0.3, 0.4) is 0 Å². The number of amides is 2. The second-order valence-corrected chi connectivity index (χ2v) is 7.08. The van der Waals surface area contributed by atoms with E-state index in [-0.39, 0.29) is 11.8 Å². The minimum absolute atomic E-state index is 0.313. The first kappa shape index (κ1) is 19.4. The molecule has 0 aliphatic carbocycles. The van der Waals surface area contributed by atoms with Crippen molar-refractivity contribution in [2.75, 3.05) is 4.90 Å². The number of para-hydroxylation sites is 2. The highest BCUT2D eigenvalue weighted by Gasteiger charge is 2.22. The fourth-order valence-corrected chi connectivity index (χ4v) is 3.70. The third kappa shape index (κ3) is 3.67. The Morgan fingerprint density at radius 1 is 0.667 bits per heavy atom. The molecular formula is C26H22N2O2. The Hall–Kier alpha value is -3.92. The van der Waals surface area contributed by atoms with E-state index < -0.39 is 0 Å². The molecule has 0 N–H and O–H groups in total. The van der Waals surface area contributed by atoms with Gasteiger partial charge in [0.15, 0.2) is 0 Å². The van der Waals surface area contributed by atoms with Crippen molar-refractivity contribution in [2.45, 2.75) is 13.8 Å². The lowest BCUT2D eigenvalue weighted by atomic mass is 10.1. The minimum Gasteiger partial charge on any atom is -0.314 e. The third-order valence-electron chi connectivity index (χ3n) is 5.01. The van der Waals surface area contributed by atoms with Crippen LogP contribution in [0.2, 0.25) is 0 Å². The molecule has 148 valence electrons. The van der Waals surface area contributed by atoms with Crippen LogP contribution in [-0.4, -0.2) is 16.4 Å². The molecule has 0 saturated carbocycles. The summed E-state index contributed by atoms with van der Waals surface area (Å²) in [5.74, 6) is -0.627. The van der Waals surface area contributed by atoms with E-state index in [9.17, 15) is 9.59 Å². The second kappa shape index (κ2) is 8.21. The van der Waals surface area contributed by atoms with Gasteiger partial charge in [-0.2, -0.15) is 0 Å². The molecule has 2 amide bonds. The van der Waals surface area contributed by atoms with Gasteiger partial charge in [-0.05, 0) is 29.3 Å². The molecule has 0 atom stereocenters. The number of carbonyl (C=O) groups excluding carboxylic acids is 2. The summed E-state index contributed by atoms with van der Waals surface area (Å²) in [5.41, 5.74) is 5.51. The Morgan fingerprint density at radius 2 is 1.20 bits per heavy atom. The number of anilines is 1. The molecule has 3 aromatic carbocycles. The highest BCUT2D eigenvalue weighted by molar-refractivity contribution is 6.14. The van der Waals surface area contributed by atoms with Crippen LogP contribution >= 0.6 is 0 Å². The van der Waals surface area contributed by atoms with E-state index in [4.69, 9.17) is 0 Å². The summed E-state index contributed by atoms with van der Waals surface area (Å²) in [7, 11) is 0. The van der Waals surface area contributed by atoms with Crippen molar-refractivity contribution in [3.05, 3.63) is 97.2 Å². The molecule has 4 nitrogen and oxygen atoms in total. The molecule has 0 aliphatic rings. The van der Waals surface area contributed by atoms with Crippen LogP contribution in [0.15, 0.2) is 97.2 Å². The number of imide groups is 1. The zero-order valence-electron chi connectivity index (χ0n) is 16.9. The minimum atomic E-state index is -0.313. The van der Waals surface area contributed by atoms with Gasteiger partial charge in [-0.3, -0.25) is 9.59 Å². The van der Waals surface area contributed by atoms with E-state index in [2.05, 4.69) is 36.5 Å². The van der Waals surface area contributed by atoms with Crippen LogP contribution in [-0.2, 0) is 9.59 Å². The highest BCUT2D eigenvalue weighted by Crippen LogP contribution is 2.34. The molecule has 0 spiro atoms. The number of hydrogen-bond donors (Lipinski definition) is 0. The third-order valence-corrected chi connectivity index (χ3v) is 5.01. The fraction of sp³-hybridized carbons (Fsp3) is 0.0769. The van der Waals surface area contributed by atoms with Gasteiger partial charge >= 0.3 is 0 Å². The zero-order chi connectivity index (χ0) is 21.1. The largest absolute Gasteiger partial charge is 0.314 e. The van der Waals surface area contributed by atoms with Gasteiger partial charge in [0.1, 0.15) is 0 Å². The Bertz CT molecular complexity index is 1180. The van der Waals surface area contributed by atoms with Crippen molar-refractivity contribution >= 4 is 17.5 Å². The highest BCUT2D eigenvalue weighted by atomic mass is 16.2. The molecule has 0 bridgehead atoms. The molecular weight excluding hydrogens is 372 g/mol. The number of rotatable bonds is 4. The molecule has 0 fully saturated rings. The monoisotopic (exact) mass is 394 g/mol. The number of aromatic nitrogens is 1. The predicted molar refractivity (Wildman–Crippen MR) is 120 cm³/mol. The van der Waals surface area contributed by atoms with E-state index in [1.165, 1.54) is 18.7 Å². The van der Waals surface area contributed by atoms with E-state index >= 15 is 0 Å². The normalized spacial score (nSPS) is 10.6. The molecule has 30 heavy (non-hydrogen) atoms. The van der Waals surface area contributed by atoms with Crippen molar-refractivity contribution in [1.82, 2.24) is 4.57 Å². The maximum absolute atomic E-state index is 12.2. The van der Waals surface area contributed by atoms with Gasteiger partial charge in [-0.25, -0.2) is 4.90 Å². The van der Waals surface area contributed by atoms with Crippen molar-refractivity contribution in [1.29, 1.82) is 0 Å². The molecule has 0 radical (unpaired) electrons. The van der Waals surface area contributed by atoms with E-state index in [1.54, 1.807) is 6.07 Å². The maximum Gasteiger partial charge on any atom is 0.230 e. The Kier molecular flexibility index (Phi) is 5.31. The smallest absolute Gasteiger partial charge is 0.230 e. The lowest BCUT2D eigenvalue weighted by molar-refractivity contribution is -0.124. The second-order valence-electron chi connectivity index (χ2n) is 7.08. The summed E-state index contributed by atoms with van der Waals surface area (Å²) in [6.07, 6.45) is 2.05. The van der Waals surface area contributed by atoms with E-state index in [0.29, 0.717) is 5.69 Å². The molecule has 0 unspecified atom stereocenters.